The van der Waals surface area contributed by atoms with E-state index in [1.807, 2.05) is 0 Å². The molecule has 0 unspecified atom stereocenters. The van der Waals surface area contributed by atoms with Crippen molar-refractivity contribution in [2.45, 2.75) is 13.8 Å². The van der Waals surface area contributed by atoms with Gasteiger partial charge in [-0.05, 0) is 169 Å². The van der Waals surface area contributed by atoms with E-state index in [1.54, 1.807) is 0 Å². The molecule has 0 radical (unpaired) electrons. The summed E-state index contributed by atoms with van der Waals surface area (Å²) in [4.78, 5) is 4.66. The van der Waals surface area contributed by atoms with E-state index < -0.39 is 0 Å². The molecule has 0 bridgehead atoms. The van der Waals surface area contributed by atoms with Crippen molar-refractivity contribution in [3.8, 4) is 67.3 Å². The number of fused-ring (bicyclic) bond motifs is 2. The first-order valence-electron chi connectivity index (χ1n) is 28.2. The molecule has 0 N–H and O–H groups in total. The summed E-state index contributed by atoms with van der Waals surface area (Å²) in [6.07, 6.45) is 0. The second kappa shape index (κ2) is 21.5. The quantitative estimate of drug-likeness (QED) is 0.114. The molecule has 0 saturated heterocycles. The Morgan fingerprint density at radius 3 is 0.817 bits per heavy atom. The van der Waals surface area contributed by atoms with Crippen LogP contribution >= 0.6 is 0 Å². The Kier molecular flexibility index (Phi) is 13.0. The molecule has 0 aliphatic rings. The van der Waals surface area contributed by atoms with E-state index in [0.717, 1.165) is 101 Å². The number of nitrogens with zero attached hydrogens (tertiary/aromatic N) is 4. The molecule has 0 atom stereocenters. The summed E-state index contributed by atoms with van der Waals surface area (Å²) < 4.78 is 4.93. The van der Waals surface area contributed by atoms with E-state index in [1.165, 1.54) is 33.0 Å². The van der Waals surface area contributed by atoms with Gasteiger partial charge in [-0.3, -0.25) is 0 Å². The minimum atomic E-state index is 1.08. The van der Waals surface area contributed by atoms with Gasteiger partial charge in [-0.1, -0.05) is 205 Å². The number of para-hydroxylation sites is 2. The standard InChI is InChI=1S/C78H58N4/c1-55-33-39-65(40-34-55)79(63-29-17-7-18-30-63)67-43-47-69(48-44-67)81-73-51-37-61(53-71(73)75(57-21-9-3-10-22-57)77(81)59-25-13-5-14-26-59)62-38-52-74-72(54-62)76(58-23-11-4-12-24-58)78(60-27-15-6-16-28-60)82(74)70-49-45-68(46-50-70)80(64-31-19-8-20-32-64)66-41-35-56(2)36-42-66/h3-54H,1-2H3. The van der Waals surface area contributed by atoms with Gasteiger partial charge in [-0.15, -0.1) is 0 Å². The molecular weight excluding hydrogens is 993 g/mol. The lowest BCUT2D eigenvalue weighted by Gasteiger charge is -2.26. The molecule has 2 heterocycles. The van der Waals surface area contributed by atoms with Crippen LogP contribution in [-0.4, -0.2) is 9.13 Å². The third kappa shape index (κ3) is 9.22. The fourth-order valence-electron chi connectivity index (χ4n) is 11.9. The Morgan fingerprint density at radius 2 is 0.500 bits per heavy atom. The zero-order chi connectivity index (χ0) is 54.9. The van der Waals surface area contributed by atoms with Gasteiger partial charge >= 0.3 is 0 Å². The second-order valence-electron chi connectivity index (χ2n) is 21.1. The molecule has 0 spiro atoms. The van der Waals surface area contributed by atoms with Gasteiger partial charge in [-0.25, -0.2) is 0 Å². The van der Waals surface area contributed by atoms with Crippen LogP contribution in [0.5, 0.6) is 0 Å². The zero-order valence-electron chi connectivity index (χ0n) is 45.8. The summed E-state index contributed by atoms with van der Waals surface area (Å²) in [6.45, 7) is 4.27. The maximum Gasteiger partial charge on any atom is 0.0619 e. The maximum absolute atomic E-state index is 2.47. The topological polar surface area (TPSA) is 16.3 Å². The van der Waals surface area contributed by atoms with Crippen LogP contribution in [0, 0.1) is 13.8 Å². The van der Waals surface area contributed by atoms with Gasteiger partial charge in [0.15, 0.2) is 0 Å². The van der Waals surface area contributed by atoms with Crippen molar-refractivity contribution in [2.24, 2.45) is 0 Å². The molecule has 82 heavy (non-hydrogen) atoms. The average molecular weight is 1050 g/mol. The van der Waals surface area contributed by atoms with Gasteiger partial charge < -0.3 is 18.9 Å². The molecule has 12 aromatic carbocycles. The molecule has 4 heteroatoms. The molecule has 390 valence electrons. The molecule has 14 aromatic rings. The van der Waals surface area contributed by atoms with Gasteiger partial charge in [0, 0.05) is 67.4 Å². The van der Waals surface area contributed by atoms with Crippen molar-refractivity contribution < 1.29 is 0 Å². The largest absolute Gasteiger partial charge is 0.311 e. The lowest BCUT2D eigenvalue weighted by atomic mass is 9.94. The molecule has 0 aliphatic carbocycles. The van der Waals surface area contributed by atoms with Gasteiger partial charge in [0.2, 0.25) is 0 Å². The minimum absolute atomic E-state index is 1.08. The third-order valence-electron chi connectivity index (χ3n) is 15.8. The van der Waals surface area contributed by atoms with E-state index in [4.69, 9.17) is 0 Å². The summed E-state index contributed by atoms with van der Waals surface area (Å²) >= 11 is 0. The highest BCUT2D eigenvalue weighted by Crippen LogP contribution is 2.48. The Balaban J connectivity index is 0.950. The second-order valence-corrected chi connectivity index (χ2v) is 21.1. The number of rotatable bonds is 13. The number of anilines is 6. The van der Waals surface area contributed by atoms with E-state index in [2.05, 4.69) is 348 Å². The predicted octanol–water partition coefficient (Wildman–Crippen LogP) is 21.5. The van der Waals surface area contributed by atoms with E-state index >= 15 is 0 Å². The molecule has 0 aliphatic heterocycles. The Morgan fingerprint density at radius 1 is 0.232 bits per heavy atom. The van der Waals surface area contributed by atoms with Crippen LogP contribution in [0.4, 0.5) is 34.1 Å². The minimum Gasteiger partial charge on any atom is -0.311 e. The van der Waals surface area contributed by atoms with Crippen LogP contribution in [0.2, 0.25) is 0 Å². The highest BCUT2D eigenvalue weighted by atomic mass is 15.1. The predicted molar refractivity (Wildman–Crippen MR) is 346 cm³/mol. The van der Waals surface area contributed by atoms with Crippen molar-refractivity contribution in [2.75, 3.05) is 9.80 Å². The first-order valence-corrected chi connectivity index (χ1v) is 28.2. The summed E-state index contributed by atoms with van der Waals surface area (Å²) in [7, 11) is 0. The molecule has 0 amide bonds. The first kappa shape index (κ1) is 49.6. The van der Waals surface area contributed by atoms with Gasteiger partial charge in [0.1, 0.15) is 0 Å². The fraction of sp³-hybridized carbons (Fsp3) is 0.0256. The van der Waals surface area contributed by atoms with Crippen molar-refractivity contribution in [1.29, 1.82) is 0 Å². The molecular formula is C78H58N4. The number of hydrogen-bond acceptors (Lipinski definition) is 2. The van der Waals surface area contributed by atoms with Crippen molar-refractivity contribution >= 4 is 55.9 Å². The van der Waals surface area contributed by atoms with Crippen LogP contribution in [-0.2, 0) is 0 Å². The maximum atomic E-state index is 2.47. The molecule has 0 saturated carbocycles. The highest BCUT2D eigenvalue weighted by Gasteiger charge is 2.26. The SMILES string of the molecule is Cc1ccc(N(c2ccccc2)c2ccc(-n3c(-c4ccccc4)c(-c4ccccc4)c4cc(-c5ccc6c(c5)c(-c5ccccc5)c(-c5ccccc5)n6-c5ccc(N(c6ccccc6)c6ccc(C)cc6)cc5)ccc43)cc2)cc1. The lowest BCUT2D eigenvalue weighted by Crippen LogP contribution is -2.10. The monoisotopic (exact) mass is 1050 g/mol. The highest BCUT2D eigenvalue weighted by molar-refractivity contribution is 6.10. The summed E-state index contributed by atoms with van der Waals surface area (Å²) in [6, 6.07) is 115. The Labute approximate surface area is 480 Å². The normalized spacial score (nSPS) is 11.3. The average Bonchev–Trinajstić information content (AvgIpc) is 4.29. The van der Waals surface area contributed by atoms with Crippen molar-refractivity contribution in [3.05, 3.63) is 327 Å². The van der Waals surface area contributed by atoms with Crippen molar-refractivity contribution in [3.63, 3.8) is 0 Å². The van der Waals surface area contributed by atoms with Crippen LogP contribution in [0.15, 0.2) is 315 Å². The van der Waals surface area contributed by atoms with Gasteiger partial charge in [-0.2, -0.15) is 0 Å². The molecule has 4 nitrogen and oxygen atoms in total. The fourth-order valence-corrected chi connectivity index (χ4v) is 11.9. The third-order valence-corrected chi connectivity index (χ3v) is 15.8. The molecule has 14 rings (SSSR count). The summed E-state index contributed by atoms with van der Waals surface area (Å²) in [5, 5.41) is 2.36. The first-order chi connectivity index (χ1) is 40.5. The lowest BCUT2D eigenvalue weighted by molar-refractivity contribution is 1.13. The number of hydrogen-bond donors (Lipinski definition) is 0. The van der Waals surface area contributed by atoms with Gasteiger partial charge in [0.05, 0.1) is 22.4 Å². The zero-order valence-corrected chi connectivity index (χ0v) is 45.8. The van der Waals surface area contributed by atoms with E-state index in [9.17, 15) is 0 Å². The molecule has 0 fully saturated rings. The number of aromatic nitrogens is 2. The van der Waals surface area contributed by atoms with Gasteiger partial charge in [0.25, 0.3) is 0 Å². The van der Waals surface area contributed by atoms with Crippen LogP contribution < -0.4 is 9.80 Å². The molecule has 2 aromatic heterocycles. The van der Waals surface area contributed by atoms with Crippen molar-refractivity contribution in [1.82, 2.24) is 9.13 Å². The van der Waals surface area contributed by atoms with E-state index in [-0.39, 0.29) is 0 Å². The van der Waals surface area contributed by atoms with Crippen LogP contribution in [0.25, 0.3) is 89.1 Å². The smallest absolute Gasteiger partial charge is 0.0619 e. The Hall–Kier alpha value is -10.7. The summed E-state index contributed by atoms with van der Waals surface area (Å²) in [5.74, 6) is 0. The number of aryl methyl sites for hydroxylation is 2. The number of benzene rings is 12. The summed E-state index contributed by atoms with van der Waals surface area (Å²) in [5.41, 5.74) is 25.1. The Bertz CT molecular complexity index is 4200. The van der Waals surface area contributed by atoms with Crippen LogP contribution in [0.1, 0.15) is 11.1 Å². The van der Waals surface area contributed by atoms with E-state index in [0.29, 0.717) is 0 Å². The van der Waals surface area contributed by atoms with Crippen LogP contribution in [0.3, 0.4) is 0 Å².